The van der Waals surface area contributed by atoms with E-state index in [-0.39, 0.29) is 48.4 Å². The lowest BCUT2D eigenvalue weighted by Crippen LogP contribution is -2.59. The van der Waals surface area contributed by atoms with Crippen LogP contribution in [-0.4, -0.2) is 102 Å². The molecule has 2 fully saturated rings. The number of nitrogens with one attached hydrogen (secondary N) is 1. The molecule has 42 heavy (non-hydrogen) atoms. The monoisotopic (exact) mass is 587 g/mol. The van der Waals surface area contributed by atoms with Crippen LogP contribution in [0, 0.1) is 11.7 Å². The van der Waals surface area contributed by atoms with E-state index < -0.39 is 17.5 Å². The van der Waals surface area contributed by atoms with Gasteiger partial charge in [0.2, 0.25) is 5.91 Å². The third-order valence-electron chi connectivity index (χ3n) is 9.11. The highest BCUT2D eigenvalue weighted by Gasteiger charge is 2.41. The Morgan fingerprint density at radius 2 is 1.71 bits per heavy atom. The van der Waals surface area contributed by atoms with Gasteiger partial charge in [-0.2, -0.15) is 0 Å². The van der Waals surface area contributed by atoms with Crippen molar-refractivity contribution in [2.75, 3.05) is 51.2 Å². The molecule has 1 N–H and O–H groups in total. The molecule has 3 aliphatic heterocycles. The smallest absolute Gasteiger partial charge is 0.410 e. The summed E-state index contributed by atoms with van der Waals surface area (Å²) in [5, 5.41) is 2.55. The molecule has 1 unspecified atom stereocenters. The van der Waals surface area contributed by atoms with Crippen molar-refractivity contribution in [3.63, 3.8) is 0 Å². The van der Waals surface area contributed by atoms with E-state index in [2.05, 4.69) is 29.0 Å². The molecule has 3 heterocycles. The van der Waals surface area contributed by atoms with E-state index in [1.165, 1.54) is 11.9 Å². The molecule has 0 radical (unpaired) electrons. The van der Waals surface area contributed by atoms with Crippen molar-refractivity contribution in [1.82, 2.24) is 20.0 Å². The summed E-state index contributed by atoms with van der Waals surface area (Å²) < 4.78 is 21.4. The molecule has 3 aliphatic rings. The van der Waals surface area contributed by atoms with Crippen molar-refractivity contribution in [2.45, 2.75) is 84.0 Å². The Morgan fingerprint density at radius 1 is 1.07 bits per heavy atom. The standard InChI is InChI=1S/C31H46FN5O5/c1-30(2,3)42-29(41)35-15-17-36(18-16-35)31(4,5)21-11-13-34(14-12-21)24-10-9-22-23(26(24)32)20-37(28(22)40)25(8-7-19-38)27(39)33-6/h9-10,19,21,25H,7-8,11-18,20H2,1-6H3,(H,33,39). The van der Waals surface area contributed by atoms with Crippen LogP contribution in [0.5, 0.6) is 0 Å². The normalized spacial score (nSPS) is 19.5. The van der Waals surface area contributed by atoms with Gasteiger partial charge in [-0.05, 0) is 71.9 Å². The number of halogens is 1. The molecule has 0 saturated carbocycles. The minimum Gasteiger partial charge on any atom is -0.444 e. The molecule has 10 nitrogen and oxygen atoms in total. The Labute approximate surface area is 248 Å². The molecule has 0 aromatic heterocycles. The molecule has 0 spiro atoms. The van der Waals surface area contributed by atoms with Crippen LogP contribution in [0.15, 0.2) is 12.1 Å². The zero-order valence-electron chi connectivity index (χ0n) is 25.9. The molecule has 232 valence electrons. The number of ether oxygens (including phenoxy) is 1. The van der Waals surface area contributed by atoms with E-state index in [1.807, 2.05) is 20.8 Å². The quantitative estimate of drug-likeness (QED) is 0.465. The third-order valence-corrected chi connectivity index (χ3v) is 9.11. The van der Waals surface area contributed by atoms with Gasteiger partial charge in [-0.15, -0.1) is 0 Å². The van der Waals surface area contributed by atoms with E-state index >= 15 is 4.39 Å². The Balaban J connectivity index is 1.38. The van der Waals surface area contributed by atoms with Crippen molar-refractivity contribution in [3.8, 4) is 0 Å². The second-order valence-electron chi connectivity index (χ2n) is 13.1. The molecule has 3 amide bonds. The number of amides is 3. The molecular weight excluding hydrogens is 541 g/mol. The fraction of sp³-hybridized carbons (Fsp3) is 0.677. The molecule has 11 heteroatoms. The topological polar surface area (TPSA) is 103 Å². The van der Waals surface area contributed by atoms with Crippen LogP contribution in [0.4, 0.5) is 14.9 Å². The molecule has 0 bridgehead atoms. The van der Waals surface area contributed by atoms with E-state index in [0.717, 1.165) is 32.2 Å². The summed E-state index contributed by atoms with van der Waals surface area (Å²) >= 11 is 0. The highest BCUT2D eigenvalue weighted by Crippen LogP contribution is 2.38. The maximum Gasteiger partial charge on any atom is 0.410 e. The molecule has 4 rings (SSSR count). The van der Waals surface area contributed by atoms with Crippen LogP contribution in [0.2, 0.25) is 0 Å². The lowest BCUT2D eigenvalue weighted by molar-refractivity contribution is -0.125. The van der Waals surface area contributed by atoms with Gasteiger partial charge in [0.1, 0.15) is 17.9 Å². The Hall–Kier alpha value is -3.21. The van der Waals surface area contributed by atoms with Crippen LogP contribution >= 0.6 is 0 Å². The number of benzene rings is 1. The van der Waals surface area contributed by atoms with Crippen molar-refractivity contribution >= 4 is 29.9 Å². The number of rotatable bonds is 8. The zero-order chi connectivity index (χ0) is 30.8. The Bertz CT molecular complexity index is 1180. The number of piperidine rings is 1. The molecule has 0 aliphatic carbocycles. The van der Waals surface area contributed by atoms with Crippen molar-refractivity contribution in [3.05, 3.63) is 29.1 Å². The van der Waals surface area contributed by atoms with E-state index in [0.29, 0.717) is 43.3 Å². The molecule has 1 atom stereocenters. The number of carbonyl (C=O) groups excluding carboxylic acids is 4. The van der Waals surface area contributed by atoms with Crippen LogP contribution in [0.1, 0.15) is 76.2 Å². The second kappa shape index (κ2) is 12.6. The Morgan fingerprint density at radius 3 is 2.29 bits per heavy atom. The first-order valence-electron chi connectivity index (χ1n) is 15.0. The fourth-order valence-corrected chi connectivity index (χ4v) is 6.55. The highest BCUT2D eigenvalue weighted by molar-refractivity contribution is 6.01. The first kappa shape index (κ1) is 31.7. The number of hydrogen-bond donors (Lipinski definition) is 1. The van der Waals surface area contributed by atoms with Gasteiger partial charge in [0.05, 0.1) is 12.2 Å². The summed E-state index contributed by atoms with van der Waals surface area (Å²) in [6, 6.07) is 2.51. The van der Waals surface area contributed by atoms with Gasteiger partial charge in [-0.3, -0.25) is 14.5 Å². The summed E-state index contributed by atoms with van der Waals surface area (Å²) in [6.45, 7) is 14.4. The van der Waals surface area contributed by atoms with Gasteiger partial charge in [-0.25, -0.2) is 9.18 Å². The van der Waals surface area contributed by atoms with Crippen molar-refractivity contribution in [2.24, 2.45) is 5.92 Å². The number of hydrogen-bond acceptors (Lipinski definition) is 7. The average Bonchev–Trinajstić information content (AvgIpc) is 3.29. The van der Waals surface area contributed by atoms with E-state index in [1.54, 1.807) is 17.0 Å². The maximum absolute atomic E-state index is 15.9. The number of anilines is 1. The lowest BCUT2D eigenvalue weighted by Gasteiger charge is -2.50. The number of nitrogens with zero attached hydrogens (tertiary/aromatic N) is 4. The summed E-state index contributed by atoms with van der Waals surface area (Å²) in [5.74, 6) is -0.760. The van der Waals surface area contributed by atoms with Gasteiger partial charge in [-0.1, -0.05) is 0 Å². The summed E-state index contributed by atoms with van der Waals surface area (Å²) in [5.41, 5.74) is 0.474. The zero-order valence-corrected chi connectivity index (χ0v) is 25.9. The minimum absolute atomic E-state index is 0.00352. The largest absolute Gasteiger partial charge is 0.444 e. The Kier molecular flexibility index (Phi) is 9.49. The SMILES string of the molecule is CNC(=O)C(CCC=O)N1Cc2c(ccc(N3CCC(C(C)(C)N4CCN(C(=O)OC(C)(C)C)CC4)CC3)c2F)C1=O. The van der Waals surface area contributed by atoms with Gasteiger partial charge in [0.15, 0.2) is 5.82 Å². The van der Waals surface area contributed by atoms with Crippen molar-refractivity contribution in [1.29, 1.82) is 0 Å². The van der Waals surface area contributed by atoms with E-state index in [4.69, 9.17) is 4.74 Å². The number of piperazine rings is 1. The third kappa shape index (κ3) is 6.55. The number of aldehydes is 1. The predicted octanol–water partition coefficient (Wildman–Crippen LogP) is 3.42. The molecule has 1 aromatic rings. The molecule has 1 aromatic carbocycles. The average molecular weight is 588 g/mol. The number of fused-ring (bicyclic) bond motifs is 1. The number of carbonyl (C=O) groups is 4. The van der Waals surface area contributed by atoms with Gasteiger partial charge in [0.25, 0.3) is 5.91 Å². The van der Waals surface area contributed by atoms with Gasteiger partial charge in [0, 0.05) is 69.4 Å². The first-order chi connectivity index (χ1) is 19.8. The van der Waals surface area contributed by atoms with E-state index in [9.17, 15) is 19.2 Å². The lowest BCUT2D eigenvalue weighted by atomic mass is 9.78. The van der Waals surface area contributed by atoms with Crippen molar-refractivity contribution < 1.29 is 28.3 Å². The first-order valence-corrected chi connectivity index (χ1v) is 15.0. The summed E-state index contributed by atoms with van der Waals surface area (Å²) in [4.78, 5) is 56.7. The van der Waals surface area contributed by atoms with Crippen LogP contribution in [0.3, 0.4) is 0 Å². The van der Waals surface area contributed by atoms with Gasteiger partial charge >= 0.3 is 6.09 Å². The predicted molar refractivity (Wildman–Crippen MR) is 158 cm³/mol. The minimum atomic E-state index is -0.827. The maximum atomic E-state index is 15.9. The van der Waals surface area contributed by atoms with Crippen LogP contribution < -0.4 is 10.2 Å². The summed E-state index contributed by atoms with van der Waals surface area (Å²) in [7, 11) is 1.48. The highest BCUT2D eigenvalue weighted by atomic mass is 19.1. The second-order valence-corrected chi connectivity index (χ2v) is 13.1. The van der Waals surface area contributed by atoms with Crippen LogP contribution in [0.25, 0.3) is 0 Å². The fourth-order valence-electron chi connectivity index (χ4n) is 6.55. The summed E-state index contributed by atoms with van der Waals surface area (Å²) in [6.07, 6.45) is 2.57. The van der Waals surface area contributed by atoms with Crippen LogP contribution in [-0.2, 0) is 20.9 Å². The molecular formula is C31H46FN5O5. The van der Waals surface area contributed by atoms with Gasteiger partial charge < -0.3 is 29.5 Å². The molecule has 2 saturated heterocycles. The number of likely N-dealkylation sites (N-methyl/N-ethyl adjacent to an activating group) is 1.